The minimum atomic E-state index is -1.24. The van der Waals surface area contributed by atoms with E-state index in [4.69, 9.17) is 24.3 Å². The number of halogens is 1. The molecule has 0 aliphatic carbocycles. The molecule has 0 saturated heterocycles. The van der Waals surface area contributed by atoms with Crippen molar-refractivity contribution in [2.24, 2.45) is 4.99 Å². The van der Waals surface area contributed by atoms with Gasteiger partial charge >= 0.3 is 0 Å². The first-order valence-corrected chi connectivity index (χ1v) is 14.5. The third-order valence-electron chi connectivity index (χ3n) is 6.59. The van der Waals surface area contributed by atoms with Crippen molar-refractivity contribution in [3.8, 4) is 5.75 Å². The lowest BCUT2D eigenvalue weighted by atomic mass is 9.82. The molecule has 0 radical (unpaired) electrons. The van der Waals surface area contributed by atoms with E-state index >= 15 is 0 Å². The third kappa shape index (κ3) is 7.50. The third-order valence-corrected chi connectivity index (χ3v) is 7.31. The lowest BCUT2D eigenvalue weighted by molar-refractivity contribution is -0.129. The quantitative estimate of drug-likeness (QED) is 0.231. The molecule has 0 aromatic heterocycles. The standard InChI is InChI=1S/C32H37BrN2O5/c1-23(2)38-20-8-18-34-31(37)32(22-24-10-4-3-5-11-24)29(27-12-6-7-13-28(27)33)40-30(35-32)25-14-16-26(17-15-25)39-21-9-19-36/h3-7,10-17,23,29,36H,8-9,18-22H2,1-2H3,(H,34,37)/t29-,32-/m1/s1. The van der Waals surface area contributed by atoms with E-state index < -0.39 is 11.6 Å². The molecule has 1 heterocycles. The lowest BCUT2D eigenvalue weighted by Crippen LogP contribution is -2.50. The summed E-state index contributed by atoms with van der Waals surface area (Å²) in [5.74, 6) is 0.896. The lowest BCUT2D eigenvalue weighted by Gasteiger charge is -2.31. The maximum atomic E-state index is 14.1. The summed E-state index contributed by atoms with van der Waals surface area (Å²) in [7, 11) is 0. The van der Waals surface area contributed by atoms with E-state index in [-0.39, 0.29) is 18.6 Å². The van der Waals surface area contributed by atoms with Crippen LogP contribution in [0.25, 0.3) is 0 Å². The van der Waals surface area contributed by atoms with Gasteiger partial charge in [0.15, 0.2) is 11.6 Å². The first-order chi connectivity index (χ1) is 19.4. The van der Waals surface area contributed by atoms with Crippen LogP contribution in [0.2, 0.25) is 0 Å². The highest BCUT2D eigenvalue weighted by atomic mass is 79.9. The number of ether oxygens (including phenoxy) is 3. The molecule has 0 spiro atoms. The zero-order valence-corrected chi connectivity index (χ0v) is 24.6. The van der Waals surface area contributed by atoms with Crippen molar-refractivity contribution in [3.63, 3.8) is 0 Å². The molecular formula is C32H37BrN2O5. The Morgan fingerprint density at radius 3 is 2.45 bits per heavy atom. The van der Waals surface area contributed by atoms with Crippen molar-refractivity contribution in [1.29, 1.82) is 0 Å². The van der Waals surface area contributed by atoms with Crippen LogP contribution in [0.15, 0.2) is 88.3 Å². The van der Waals surface area contributed by atoms with E-state index in [0.29, 0.717) is 50.7 Å². The Kier molecular flexibility index (Phi) is 10.7. The molecule has 2 atom stereocenters. The van der Waals surface area contributed by atoms with Gasteiger partial charge in [-0.25, -0.2) is 4.99 Å². The summed E-state index contributed by atoms with van der Waals surface area (Å²) >= 11 is 3.68. The monoisotopic (exact) mass is 608 g/mol. The minimum Gasteiger partial charge on any atom is -0.494 e. The SMILES string of the molecule is CC(C)OCCCNC(=O)[C@]1(Cc2ccccc2)N=C(c2ccc(OCCCO)cc2)O[C@@H]1c1ccccc1Br. The van der Waals surface area contributed by atoms with Gasteiger partial charge in [0.1, 0.15) is 5.75 Å². The van der Waals surface area contributed by atoms with Gasteiger partial charge in [0, 0.05) is 48.2 Å². The summed E-state index contributed by atoms with van der Waals surface area (Å²) in [6, 6.07) is 25.1. The van der Waals surface area contributed by atoms with Gasteiger partial charge < -0.3 is 24.6 Å². The summed E-state index contributed by atoms with van der Waals surface area (Å²) in [6.45, 7) is 5.53. The highest BCUT2D eigenvalue weighted by Crippen LogP contribution is 2.44. The molecule has 1 amide bonds. The fourth-order valence-electron chi connectivity index (χ4n) is 4.60. The average molecular weight is 610 g/mol. The molecule has 8 heteroatoms. The molecule has 1 aliphatic heterocycles. The Labute approximate surface area is 244 Å². The van der Waals surface area contributed by atoms with Crippen molar-refractivity contribution in [1.82, 2.24) is 5.32 Å². The van der Waals surface area contributed by atoms with E-state index in [2.05, 4.69) is 21.2 Å². The number of carbonyl (C=O) groups is 1. The Balaban J connectivity index is 1.70. The summed E-state index contributed by atoms with van der Waals surface area (Å²) in [5.41, 5.74) is 1.34. The number of hydrogen-bond acceptors (Lipinski definition) is 6. The molecule has 40 heavy (non-hydrogen) atoms. The Bertz CT molecular complexity index is 1270. The predicted octanol–water partition coefficient (Wildman–Crippen LogP) is 5.64. The molecule has 0 saturated carbocycles. The van der Waals surface area contributed by atoms with Crippen LogP contribution in [0.1, 0.15) is 49.5 Å². The second-order valence-corrected chi connectivity index (χ2v) is 10.9. The summed E-state index contributed by atoms with van der Waals surface area (Å²) < 4.78 is 18.8. The first kappa shape index (κ1) is 29.8. The fraction of sp³-hybridized carbons (Fsp3) is 0.375. The van der Waals surface area contributed by atoms with Gasteiger partial charge in [-0.1, -0.05) is 64.5 Å². The number of aliphatic imine (C=N–C) groups is 1. The Hall–Kier alpha value is -3.20. The maximum Gasteiger partial charge on any atom is 0.252 e. The molecule has 2 N–H and O–H groups in total. The number of benzene rings is 3. The van der Waals surface area contributed by atoms with Gasteiger partial charge in [-0.2, -0.15) is 0 Å². The number of nitrogens with zero attached hydrogens (tertiary/aromatic N) is 1. The molecule has 3 aromatic carbocycles. The molecule has 0 fully saturated rings. The Morgan fingerprint density at radius 2 is 1.75 bits per heavy atom. The molecule has 0 unspecified atom stereocenters. The highest BCUT2D eigenvalue weighted by molar-refractivity contribution is 9.10. The van der Waals surface area contributed by atoms with Crippen molar-refractivity contribution < 1.29 is 24.1 Å². The zero-order chi connectivity index (χ0) is 28.4. The van der Waals surface area contributed by atoms with Gasteiger partial charge in [-0.3, -0.25) is 4.79 Å². The smallest absolute Gasteiger partial charge is 0.252 e. The van der Waals surface area contributed by atoms with Crippen molar-refractivity contribution in [2.75, 3.05) is 26.4 Å². The predicted molar refractivity (Wildman–Crippen MR) is 160 cm³/mol. The van der Waals surface area contributed by atoms with Crippen LogP contribution >= 0.6 is 15.9 Å². The van der Waals surface area contributed by atoms with Crippen molar-refractivity contribution in [3.05, 3.63) is 100 Å². The largest absolute Gasteiger partial charge is 0.494 e. The molecule has 212 valence electrons. The number of nitrogens with one attached hydrogen (secondary N) is 1. The van der Waals surface area contributed by atoms with Gasteiger partial charge in [-0.15, -0.1) is 0 Å². The van der Waals surface area contributed by atoms with E-state index in [0.717, 1.165) is 21.2 Å². The van der Waals surface area contributed by atoms with E-state index in [9.17, 15) is 4.79 Å². The fourth-order valence-corrected chi connectivity index (χ4v) is 5.09. The molecule has 7 nitrogen and oxygen atoms in total. The van der Waals surface area contributed by atoms with Gasteiger partial charge in [0.05, 0.1) is 12.7 Å². The van der Waals surface area contributed by atoms with Crippen LogP contribution in [0.4, 0.5) is 0 Å². The molecule has 0 bridgehead atoms. The Morgan fingerprint density at radius 1 is 1.02 bits per heavy atom. The van der Waals surface area contributed by atoms with Crippen LogP contribution < -0.4 is 10.1 Å². The minimum absolute atomic E-state index is 0.0788. The van der Waals surface area contributed by atoms with E-state index in [1.165, 1.54) is 0 Å². The maximum absolute atomic E-state index is 14.1. The molecule has 1 aliphatic rings. The van der Waals surface area contributed by atoms with Crippen LogP contribution in [-0.2, 0) is 20.7 Å². The number of rotatable bonds is 14. The van der Waals surface area contributed by atoms with E-state index in [1.54, 1.807) is 0 Å². The molecule has 3 aromatic rings. The number of aliphatic hydroxyl groups is 1. The molecular weight excluding hydrogens is 572 g/mol. The van der Waals surface area contributed by atoms with Crippen molar-refractivity contribution >= 4 is 27.7 Å². The van der Waals surface area contributed by atoms with Gasteiger partial charge in [0.2, 0.25) is 5.90 Å². The summed E-state index contributed by atoms with van der Waals surface area (Å²) in [5, 5.41) is 12.1. The number of aliphatic hydroxyl groups excluding tert-OH is 1. The van der Waals surface area contributed by atoms with Crippen LogP contribution in [0, 0.1) is 0 Å². The summed E-state index contributed by atoms with van der Waals surface area (Å²) in [4.78, 5) is 19.2. The van der Waals surface area contributed by atoms with Crippen molar-refractivity contribution in [2.45, 2.75) is 50.9 Å². The van der Waals surface area contributed by atoms with Crippen LogP contribution in [-0.4, -0.2) is 54.9 Å². The second kappa shape index (κ2) is 14.4. The number of carbonyl (C=O) groups excluding carboxylic acids is 1. The average Bonchev–Trinajstić information content (AvgIpc) is 3.34. The number of hydrogen-bond donors (Lipinski definition) is 2. The number of amides is 1. The molecule has 4 rings (SSSR count). The highest BCUT2D eigenvalue weighted by Gasteiger charge is 2.53. The normalized spacial score (nSPS) is 18.3. The first-order valence-electron chi connectivity index (χ1n) is 13.7. The summed E-state index contributed by atoms with van der Waals surface area (Å²) in [6.07, 6.45) is 1.10. The van der Waals surface area contributed by atoms with E-state index in [1.807, 2.05) is 92.7 Å². The van der Waals surface area contributed by atoms with Crippen LogP contribution in [0.3, 0.4) is 0 Å². The second-order valence-electron chi connectivity index (χ2n) is 10.0. The van der Waals surface area contributed by atoms with Crippen LogP contribution in [0.5, 0.6) is 5.75 Å². The van der Waals surface area contributed by atoms with Gasteiger partial charge in [-0.05, 0) is 56.2 Å². The topological polar surface area (TPSA) is 89.4 Å². The zero-order valence-electron chi connectivity index (χ0n) is 23.0. The van der Waals surface area contributed by atoms with Gasteiger partial charge in [0.25, 0.3) is 5.91 Å².